The minimum Gasteiger partial charge on any atom is -0.306 e. The Morgan fingerprint density at radius 3 is 2.62 bits per heavy atom. The number of hydrogen-bond donors (Lipinski definition) is 1. The molecule has 0 aliphatic heterocycles. The van der Waals surface area contributed by atoms with Gasteiger partial charge in [-0.15, -0.1) is 0 Å². The maximum Gasteiger partial charge on any atom is 0.128 e. The second-order valence-corrected chi connectivity index (χ2v) is 6.41. The monoisotopic (exact) mass is 369 g/mol. The molecule has 0 amide bonds. The highest BCUT2D eigenvalue weighted by molar-refractivity contribution is 9.10. The Hall–Kier alpha value is -0.900. The Morgan fingerprint density at radius 1 is 1.19 bits per heavy atom. The van der Waals surface area contributed by atoms with Crippen molar-refractivity contribution in [2.45, 2.75) is 26.3 Å². The first-order valence-corrected chi connectivity index (χ1v) is 8.14. The van der Waals surface area contributed by atoms with Crippen molar-refractivity contribution >= 4 is 27.5 Å². The van der Waals surface area contributed by atoms with E-state index >= 15 is 0 Å². The van der Waals surface area contributed by atoms with Crippen molar-refractivity contribution in [3.63, 3.8) is 0 Å². The zero-order chi connectivity index (χ0) is 15.4. The maximum atomic E-state index is 14.3. The minimum atomic E-state index is -0.207. The molecule has 1 atom stereocenters. The van der Waals surface area contributed by atoms with Crippen LogP contribution in [0.4, 0.5) is 4.39 Å². The molecule has 1 unspecified atom stereocenters. The first-order chi connectivity index (χ1) is 10.0. The molecule has 0 spiro atoms. The topological polar surface area (TPSA) is 12.0 Å². The zero-order valence-electron chi connectivity index (χ0n) is 12.1. The molecule has 0 bridgehead atoms. The van der Waals surface area contributed by atoms with Gasteiger partial charge >= 0.3 is 0 Å². The molecular weight excluding hydrogens is 353 g/mol. The molecule has 0 heterocycles. The molecule has 2 aromatic rings. The Labute approximate surface area is 138 Å². The van der Waals surface area contributed by atoms with Gasteiger partial charge in [-0.3, -0.25) is 0 Å². The summed E-state index contributed by atoms with van der Waals surface area (Å²) in [7, 11) is 0. The van der Waals surface area contributed by atoms with Gasteiger partial charge in [0.05, 0.1) is 6.04 Å². The van der Waals surface area contributed by atoms with Gasteiger partial charge in [-0.1, -0.05) is 40.5 Å². The van der Waals surface area contributed by atoms with Gasteiger partial charge in [0.1, 0.15) is 5.82 Å². The predicted octanol–water partition coefficient (Wildman–Crippen LogP) is 5.64. The third kappa shape index (κ3) is 4.06. The van der Waals surface area contributed by atoms with Crippen LogP contribution in [-0.4, -0.2) is 6.54 Å². The van der Waals surface area contributed by atoms with Crippen LogP contribution in [0.1, 0.15) is 36.1 Å². The minimum absolute atomic E-state index is 0.181. The summed E-state index contributed by atoms with van der Waals surface area (Å²) in [5.41, 5.74) is 2.74. The van der Waals surface area contributed by atoms with E-state index in [1.54, 1.807) is 6.07 Å². The first-order valence-electron chi connectivity index (χ1n) is 6.97. The molecule has 0 aromatic heterocycles. The van der Waals surface area contributed by atoms with Crippen LogP contribution in [0.25, 0.3) is 0 Å². The molecule has 4 heteroatoms. The summed E-state index contributed by atoms with van der Waals surface area (Å²) in [6, 6.07) is 10.6. The first kappa shape index (κ1) is 16.5. The lowest BCUT2D eigenvalue weighted by Gasteiger charge is -2.22. The molecule has 0 radical (unpaired) electrons. The van der Waals surface area contributed by atoms with Gasteiger partial charge in [-0.25, -0.2) is 4.39 Å². The van der Waals surface area contributed by atoms with Gasteiger partial charge < -0.3 is 5.32 Å². The number of nitrogens with one attached hydrogen (secondary N) is 1. The van der Waals surface area contributed by atoms with Crippen LogP contribution in [0, 0.1) is 12.7 Å². The van der Waals surface area contributed by atoms with Gasteiger partial charge in [0.2, 0.25) is 0 Å². The van der Waals surface area contributed by atoms with E-state index < -0.39 is 0 Å². The molecule has 0 aliphatic carbocycles. The maximum absolute atomic E-state index is 14.3. The lowest BCUT2D eigenvalue weighted by molar-refractivity contribution is 0.545. The molecule has 0 aliphatic rings. The standard InChI is InChI=1S/C17H18BrClFN/c1-3-8-21-17(14-6-5-13(19)9-11(14)2)15-10-12(18)4-7-16(15)20/h4-7,9-10,17,21H,3,8H2,1-2H3. The van der Waals surface area contributed by atoms with Crippen LogP contribution >= 0.6 is 27.5 Å². The van der Waals surface area contributed by atoms with Crippen LogP contribution in [0.3, 0.4) is 0 Å². The van der Waals surface area contributed by atoms with Crippen LogP contribution in [0.2, 0.25) is 5.02 Å². The smallest absolute Gasteiger partial charge is 0.128 e. The van der Waals surface area contributed by atoms with E-state index in [9.17, 15) is 4.39 Å². The third-order valence-electron chi connectivity index (χ3n) is 3.41. The van der Waals surface area contributed by atoms with Crippen LogP contribution in [-0.2, 0) is 0 Å². The number of benzene rings is 2. The summed E-state index contributed by atoms with van der Waals surface area (Å²) >= 11 is 9.45. The van der Waals surface area contributed by atoms with Crippen LogP contribution in [0.5, 0.6) is 0 Å². The average Bonchev–Trinajstić information content (AvgIpc) is 2.44. The number of hydrogen-bond acceptors (Lipinski definition) is 1. The molecular formula is C17H18BrClFN. The van der Waals surface area contributed by atoms with E-state index in [0.717, 1.165) is 28.6 Å². The normalized spacial score (nSPS) is 12.4. The fraction of sp³-hybridized carbons (Fsp3) is 0.294. The molecule has 0 fully saturated rings. The van der Waals surface area contributed by atoms with Gasteiger partial charge in [0.25, 0.3) is 0 Å². The van der Waals surface area contributed by atoms with E-state index in [-0.39, 0.29) is 11.9 Å². The largest absolute Gasteiger partial charge is 0.306 e. The van der Waals surface area contributed by atoms with E-state index in [1.165, 1.54) is 6.07 Å². The molecule has 2 rings (SSSR count). The number of halogens is 3. The molecule has 21 heavy (non-hydrogen) atoms. The van der Waals surface area contributed by atoms with Crippen molar-refractivity contribution in [2.24, 2.45) is 0 Å². The summed E-state index contributed by atoms with van der Waals surface area (Å²) in [4.78, 5) is 0. The second kappa shape index (κ2) is 7.39. The third-order valence-corrected chi connectivity index (χ3v) is 4.14. The Bertz CT molecular complexity index is 630. The van der Waals surface area contributed by atoms with Crippen molar-refractivity contribution in [3.05, 3.63) is 68.4 Å². The fourth-order valence-corrected chi connectivity index (χ4v) is 2.98. The van der Waals surface area contributed by atoms with Crippen molar-refractivity contribution in [2.75, 3.05) is 6.54 Å². The van der Waals surface area contributed by atoms with Crippen LogP contribution in [0.15, 0.2) is 40.9 Å². The average molecular weight is 371 g/mol. The molecule has 2 aromatic carbocycles. The SMILES string of the molecule is CCCNC(c1ccc(Cl)cc1C)c1cc(Br)ccc1F. The molecule has 0 saturated carbocycles. The highest BCUT2D eigenvalue weighted by atomic mass is 79.9. The van der Waals surface area contributed by atoms with E-state index in [4.69, 9.17) is 11.6 Å². The van der Waals surface area contributed by atoms with E-state index in [2.05, 4.69) is 28.2 Å². The second-order valence-electron chi connectivity index (χ2n) is 5.05. The van der Waals surface area contributed by atoms with Gasteiger partial charge in [-0.2, -0.15) is 0 Å². The predicted molar refractivity (Wildman–Crippen MR) is 90.4 cm³/mol. The number of aryl methyl sites for hydroxylation is 1. The molecule has 1 nitrogen and oxygen atoms in total. The van der Waals surface area contributed by atoms with Gasteiger partial charge in [0, 0.05) is 15.1 Å². The highest BCUT2D eigenvalue weighted by Gasteiger charge is 2.19. The Balaban J connectivity index is 2.49. The molecule has 0 saturated heterocycles. The van der Waals surface area contributed by atoms with Crippen molar-refractivity contribution in [1.29, 1.82) is 0 Å². The lowest BCUT2D eigenvalue weighted by atomic mass is 9.94. The Morgan fingerprint density at radius 2 is 1.95 bits per heavy atom. The Kier molecular flexibility index (Phi) is 5.80. The summed E-state index contributed by atoms with van der Waals surface area (Å²) in [6.45, 7) is 4.91. The summed E-state index contributed by atoms with van der Waals surface area (Å²) in [5.74, 6) is -0.207. The summed E-state index contributed by atoms with van der Waals surface area (Å²) < 4.78 is 15.1. The van der Waals surface area contributed by atoms with Gasteiger partial charge in [0.15, 0.2) is 0 Å². The molecule has 112 valence electrons. The number of rotatable bonds is 5. The summed E-state index contributed by atoms with van der Waals surface area (Å²) in [6.07, 6.45) is 0.985. The quantitative estimate of drug-likeness (QED) is 0.718. The van der Waals surface area contributed by atoms with Crippen LogP contribution < -0.4 is 5.32 Å². The van der Waals surface area contributed by atoms with Crippen molar-refractivity contribution in [1.82, 2.24) is 5.32 Å². The summed E-state index contributed by atoms with van der Waals surface area (Å²) in [5, 5.41) is 4.12. The van der Waals surface area contributed by atoms with E-state index in [0.29, 0.717) is 10.6 Å². The van der Waals surface area contributed by atoms with Crippen molar-refractivity contribution < 1.29 is 4.39 Å². The van der Waals surface area contributed by atoms with Crippen molar-refractivity contribution in [3.8, 4) is 0 Å². The fourth-order valence-electron chi connectivity index (χ4n) is 2.37. The zero-order valence-corrected chi connectivity index (χ0v) is 14.4. The lowest BCUT2D eigenvalue weighted by Crippen LogP contribution is -2.25. The van der Waals surface area contributed by atoms with Gasteiger partial charge in [-0.05, 0) is 61.3 Å². The molecule has 1 N–H and O–H groups in total. The van der Waals surface area contributed by atoms with E-state index in [1.807, 2.05) is 31.2 Å². The highest BCUT2D eigenvalue weighted by Crippen LogP contribution is 2.30.